The molecule has 2 heterocycles. The first-order valence-electron chi connectivity index (χ1n) is 10.6. The molecule has 1 aliphatic carbocycles. The largest absolute Gasteiger partial charge is 0.332 e. The zero-order chi connectivity index (χ0) is 20.6. The third kappa shape index (κ3) is 3.43. The first-order chi connectivity index (χ1) is 13.9. The van der Waals surface area contributed by atoms with E-state index in [1.54, 1.807) is 6.20 Å². The van der Waals surface area contributed by atoms with Crippen molar-refractivity contribution in [1.82, 2.24) is 9.88 Å². The number of carbonyl (C=O) groups excluding carboxylic acids is 2. The molecular weight excluding hydrogens is 362 g/mol. The van der Waals surface area contributed by atoms with Crippen LogP contribution in [0.1, 0.15) is 66.9 Å². The van der Waals surface area contributed by atoms with Crippen LogP contribution in [0.5, 0.6) is 0 Å². The van der Waals surface area contributed by atoms with Gasteiger partial charge in [-0.1, -0.05) is 44.9 Å². The fourth-order valence-corrected chi connectivity index (χ4v) is 5.10. The summed E-state index contributed by atoms with van der Waals surface area (Å²) in [7, 11) is 0. The smallest absolute Gasteiger partial charge is 0.254 e. The summed E-state index contributed by atoms with van der Waals surface area (Å²) in [4.78, 5) is 33.4. The first-order valence-corrected chi connectivity index (χ1v) is 10.6. The molecule has 0 radical (unpaired) electrons. The van der Waals surface area contributed by atoms with Crippen LogP contribution in [0, 0.1) is 12.8 Å². The van der Waals surface area contributed by atoms with Gasteiger partial charge < -0.3 is 10.2 Å². The number of hydrogen-bond donors (Lipinski definition) is 1. The van der Waals surface area contributed by atoms with Gasteiger partial charge in [-0.05, 0) is 55.0 Å². The Morgan fingerprint density at radius 2 is 1.97 bits per heavy atom. The molecular formula is C24H29N3O2. The maximum absolute atomic E-state index is 13.7. The average molecular weight is 392 g/mol. The summed E-state index contributed by atoms with van der Waals surface area (Å²) in [5, 5.41) is 3.05. The maximum atomic E-state index is 13.7. The average Bonchev–Trinajstić information content (AvgIpc) is 3.15. The van der Waals surface area contributed by atoms with Crippen molar-refractivity contribution in [2.45, 2.75) is 57.9 Å². The molecule has 1 aromatic carbocycles. The summed E-state index contributed by atoms with van der Waals surface area (Å²) in [6.07, 6.45) is 5.50. The molecule has 1 atom stereocenters. The van der Waals surface area contributed by atoms with Gasteiger partial charge in [0.2, 0.25) is 5.91 Å². The highest BCUT2D eigenvalue weighted by Crippen LogP contribution is 2.50. The molecule has 1 fully saturated rings. The van der Waals surface area contributed by atoms with Gasteiger partial charge in [0.05, 0.1) is 11.5 Å². The minimum Gasteiger partial charge on any atom is -0.332 e. The number of carbonyl (C=O) groups is 2. The van der Waals surface area contributed by atoms with Crippen LogP contribution in [-0.4, -0.2) is 33.8 Å². The van der Waals surface area contributed by atoms with Gasteiger partial charge in [0.15, 0.2) is 0 Å². The zero-order valence-corrected chi connectivity index (χ0v) is 17.4. The number of rotatable bonds is 4. The summed E-state index contributed by atoms with van der Waals surface area (Å²) in [5.74, 6) is 0.504. The van der Waals surface area contributed by atoms with Gasteiger partial charge in [-0.25, -0.2) is 4.98 Å². The van der Waals surface area contributed by atoms with Crippen LogP contribution in [0.25, 0.3) is 0 Å². The number of amides is 2. The second-order valence-corrected chi connectivity index (χ2v) is 8.85. The van der Waals surface area contributed by atoms with Gasteiger partial charge in [-0.15, -0.1) is 0 Å². The Labute approximate surface area is 172 Å². The summed E-state index contributed by atoms with van der Waals surface area (Å²) >= 11 is 0. The summed E-state index contributed by atoms with van der Waals surface area (Å²) in [5.41, 5.74) is 2.10. The van der Waals surface area contributed by atoms with Crippen LogP contribution in [-0.2, 0) is 4.79 Å². The lowest BCUT2D eigenvalue weighted by atomic mass is 9.70. The van der Waals surface area contributed by atoms with E-state index in [2.05, 4.69) is 24.1 Å². The number of pyridine rings is 1. The number of aromatic nitrogens is 1. The second kappa shape index (κ2) is 7.62. The third-order valence-electron chi connectivity index (χ3n) is 6.27. The van der Waals surface area contributed by atoms with E-state index in [0.717, 1.165) is 36.8 Å². The van der Waals surface area contributed by atoms with Gasteiger partial charge in [0.1, 0.15) is 5.82 Å². The highest BCUT2D eigenvalue weighted by molar-refractivity contribution is 6.05. The Balaban J connectivity index is 1.81. The van der Waals surface area contributed by atoms with E-state index in [4.69, 9.17) is 0 Å². The van der Waals surface area contributed by atoms with Crippen molar-refractivity contribution in [2.75, 3.05) is 11.9 Å². The quantitative estimate of drug-likeness (QED) is 0.832. The van der Waals surface area contributed by atoms with Crippen molar-refractivity contribution in [3.8, 4) is 0 Å². The SMILES string of the molecule is Cc1ccnc(NC(=O)[C@H]2c3ccccc3C(=O)N(CC(C)C)C23CCCC3)c1. The Bertz CT molecular complexity index is 931. The van der Waals surface area contributed by atoms with Crippen molar-refractivity contribution in [2.24, 2.45) is 5.92 Å². The van der Waals surface area contributed by atoms with E-state index < -0.39 is 5.54 Å². The molecule has 4 rings (SSSR count). The Hall–Kier alpha value is -2.69. The molecule has 1 aliphatic heterocycles. The van der Waals surface area contributed by atoms with Gasteiger partial charge in [0, 0.05) is 18.3 Å². The number of hydrogen-bond acceptors (Lipinski definition) is 3. The van der Waals surface area contributed by atoms with Crippen LogP contribution in [0.15, 0.2) is 42.6 Å². The lowest BCUT2D eigenvalue weighted by molar-refractivity contribution is -0.121. The lowest BCUT2D eigenvalue weighted by Crippen LogP contribution is -2.60. The van der Waals surface area contributed by atoms with Crippen LogP contribution >= 0.6 is 0 Å². The molecule has 1 aromatic heterocycles. The number of anilines is 1. The van der Waals surface area contributed by atoms with Crippen molar-refractivity contribution < 1.29 is 9.59 Å². The molecule has 29 heavy (non-hydrogen) atoms. The maximum Gasteiger partial charge on any atom is 0.254 e. The predicted octanol–water partition coefficient (Wildman–Crippen LogP) is 4.54. The van der Waals surface area contributed by atoms with Gasteiger partial charge in [-0.3, -0.25) is 9.59 Å². The fraction of sp³-hybridized carbons (Fsp3) is 0.458. The Morgan fingerprint density at radius 1 is 1.24 bits per heavy atom. The van der Waals surface area contributed by atoms with Crippen LogP contribution < -0.4 is 5.32 Å². The minimum atomic E-state index is -0.455. The van der Waals surface area contributed by atoms with E-state index in [0.29, 0.717) is 23.8 Å². The van der Waals surface area contributed by atoms with Crippen molar-refractivity contribution in [1.29, 1.82) is 0 Å². The molecule has 5 nitrogen and oxygen atoms in total. The summed E-state index contributed by atoms with van der Waals surface area (Å²) in [6.45, 7) is 6.90. The highest BCUT2D eigenvalue weighted by Gasteiger charge is 2.55. The highest BCUT2D eigenvalue weighted by atomic mass is 16.2. The lowest BCUT2D eigenvalue weighted by Gasteiger charge is -2.50. The molecule has 152 valence electrons. The van der Waals surface area contributed by atoms with Gasteiger partial charge >= 0.3 is 0 Å². The topological polar surface area (TPSA) is 62.3 Å². The molecule has 0 unspecified atom stereocenters. The predicted molar refractivity (Wildman–Crippen MR) is 114 cm³/mol. The molecule has 5 heteroatoms. The van der Waals surface area contributed by atoms with Crippen molar-refractivity contribution in [3.63, 3.8) is 0 Å². The van der Waals surface area contributed by atoms with Crippen molar-refractivity contribution in [3.05, 3.63) is 59.3 Å². The number of benzene rings is 1. The van der Waals surface area contributed by atoms with Gasteiger partial charge in [0.25, 0.3) is 5.91 Å². The Kier molecular flexibility index (Phi) is 5.15. The molecule has 0 saturated heterocycles. The summed E-state index contributed by atoms with van der Waals surface area (Å²) < 4.78 is 0. The Morgan fingerprint density at radius 3 is 2.66 bits per heavy atom. The van der Waals surface area contributed by atoms with E-state index >= 15 is 0 Å². The van der Waals surface area contributed by atoms with Crippen LogP contribution in [0.4, 0.5) is 5.82 Å². The molecule has 1 saturated carbocycles. The van der Waals surface area contributed by atoms with Crippen LogP contribution in [0.2, 0.25) is 0 Å². The molecule has 1 N–H and O–H groups in total. The summed E-state index contributed by atoms with van der Waals surface area (Å²) in [6, 6.07) is 11.4. The monoisotopic (exact) mass is 391 g/mol. The van der Waals surface area contributed by atoms with E-state index in [-0.39, 0.29) is 17.7 Å². The third-order valence-corrected chi connectivity index (χ3v) is 6.27. The second-order valence-electron chi connectivity index (χ2n) is 8.85. The standard InChI is InChI=1S/C24H29N3O2/c1-16(2)15-27-23(29)19-9-5-4-8-18(19)21(24(27)11-6-7-12-24)22(28)26-20-14-17(3)10-13-25-20/h4-5,8-10,13-14,16,21H,6-7,11-12,15H2,1-3H3,(H,25,26,28)/t21-/m1/s1. The van der Waals surface area contributed by atoms with E-state index in [1.807, 2.05) is 48.2 Å². The van der Waals surface area contributed by atoms with E-state index in [1.165, 1.54) is 0 Å². The minimum absolute atomic E-state index is 0.0638. The van der Waals surface area contributed by atoms with Crippen LogP contribution in [0.3, 0.4) is 0 Å². The first kappa shape index (κ1) is 19.6. The van der Waals surface area contributed by atoms with Gasteiger partial charge in [-0.2, -0.15) is 0 Å². The molecule has 2 aromatic rings. The number of nitrogens with one attached hydrogen (secondary N) is 1. The number of fused-ring (bicyclic) bond motifs is 1. The number of nitrogens with zero attached hydrogens (tertiary/aromatic N) is 2. The normalized spacial score (nSPS) is 20.2. The zero-order valence-electron chi connectivity index (χ0n) is 17.4. The molecule has 2 aliphatic rings. The number of aryl methyl sites for hydroxylation is 1. The fourth-order valence-electron chi connectivity index (χ4n) is 5.10. The molecule has 1 spiro atoms. The molecule has 2 amide bonds. The molecule has 0 bridgehead atoms. The van der Waals surface area contributed by atoms with Crippen molar-refractivity contribution >= 4 is 17.6 Å². The van der Waals surface area contributed by atoms with E-state index in [9.17, 15) is 9.59 Å².